The number of benzene rings is 1. The Morgan fingerprint density at radius 1 is 1.53 bits per heavy atom. The number of non-ortho nitro benzene ring substituents is 1. The number of nitro benzene ring substituents is 1. The van der Waals surface area contributed by atoms with E-state index in [1.807, 2.05) is 7.05 Å². The molecule has 1 aromatic rings. The topological polar surface area (TPSA) is 73.6 Å². The lowest BCUT2D eigenvalue weighted by molar-refractivity contribution is -0.384. The minimum atomic E-state index is -0.492. The van der Waals surface area contributed by atoms with Crippen LogP contribution in [0.1, 0.15) is 6.42 Å². The Labute approximate surface area is 115 Å². The molecule has 1 fully saturated rings. The van der Waals surface area contributed by atoms with E-state index in [-0.39, 0.29) is 29.0 Å². The number of likely N-dealkylation sites (N-methyl/N-ethyl adjacent to an activating group) is 1. The van der Waals surface area contributed by atoms with Crippen molar-refractivity contribution in [2.24, 2.45) is 0 Å². The predicted molar refractivity (Wildman–Crippen MR) is 70.8 cm³/mol. The van der Waals surface area contributed by atoms with E-state index in [0.717, 1.165) is 6.42 Å². The molecule has 0 saturated heterocycles. The SMILES string of the molecule is CNC1CC(Oc2ccc([N+](=O)[O-])cc2Cl)C1OC. The highest BCUT2D eigenvalue weighted by Crippen LogP contribution is 2.34. The van der Waals surface area contributed by atoms with E-state index in [4.69, 9.17) is 21.1 Å². The molecule has 7 heteroatoms. The molecule has 0 amide bonds. The lowest BCUT2D eigenvalue weighted by Crippen LogP contribution is -2.60. The van der Waals surface area contributed by atoms with Crippen molar-refractivity contribution in [3.8, 4) is 5.75 Å². The molecule has 2 rings (SSSR count). The monoisotopic (exact) mass is 286 g/mol. The number of nitrogens with zero attached hydrogens (tertiary/aromatic N) is 1. The van der Waals surface area contributed by atoms with Gasteiger partial charge in [-0.3, -0.25) is 10.1 Å². The van der Waals surface area contributed by atoms with Crippen molar-refractivity contribution in [3.05, 3.63) is 33.3 Å². The fourth-order valence-corrected chi connectivity index (χ4v) is 2.38. The van der Waals surface area contributed by atoms with Crippen LogP contribution in [0.2, 0.25) is 5.02 Å². The molecular formula is C12H15ClN2O4. The summed E-state index contributed by atoms with van der Waals surface area (Å²) >= 11 is 5.97. The van der Waals surface area contributed by atoms with Gasteiger partial charge in [-0.05, 0) is 13.1 Å². The van der Waals surface area contributed by atoms with Gasteiger partial charge in [-0.25, -0.2) is 0 Å². The lowest BCUT2D eigenvalue weighted by Gasteiger charge is -2.43. The van der Waals surface area contributed by atoms with Gasteiger partial charge in [-0.1, -0.05) is 11.6 Å². The van der Waals surface area contributed by atoms with E-state index in [1.165, 1.54) is 18.2 Å². The summed E-state index contributed by atoms with van der Waals surface area (Å²) in [5, 5.41) is 14.0. The number of methoxy groups -OCH3 is 1. The van der Waals surface area contributed by atoms with Gasteiger partial charge < -0.3 is 14.8 Å². The van der Waals surface area contributed by atoms with E-state index < -0.39 is 4.92 Å². The van der Waals surface area contributed by atoms with Crippen LogP contribution in [0.3, 0.4) is 0 Å². The average molecular weight is 287 g/mol. The van der Waals surface area contributed by atoms with Gasteiger partial charge in [0.15, 0.2) is 0 Å². The second-order valence-electron chi connectivity index (χ2n) is 4.36. The molecular weight excluding hydrogens is 272 g/mol. The van der Waals surface area contributed by atoms with E-state index in [2.05, 4.69) is 5.32 Å². The van der Waals surface area contributed by atoms with Crippen molar-refractivity contribution in [3.63, 3.8) is 0 Å². The molecule has 3 atom stereocenters. The molecule has 0 heterocycles. The Morgan fingerprint density at radius 2 is 2.26 bits per heavy atom. The molecule has 6 nitrogen and oxygen atoms in total. The standard InChI is InChI=1S/C12H15ClN2O4/c1-14-9-6-11(12(9)18-2)19-10-4-3-7(15(16)17)5-8(10)13/h3-5,9,11-12,14H,6H2,1-2H3. The van der Waals surface area contributed by atoms with Crippen LogP contribution in [-0.4, -0.2) is 37.3 Å². The third kappa shape index (κ3) is 2.80. The highest BCUT2D eigenvalue weighted by molar-refractivity contribution is 6.32. The van der Waals surface area contributed by atoms with Crippen LogP contribution in [0, 0.1) is 10.1 Å². The Kier molecular flexibility index (Phi) is 4.24. The number of nitro groups is 1. The first-order valence-electron chi connectivity index (χ1n) is 5.87. The number of ether oxygens (including phenoxy) is 2. The van der Waals surface area contributed by atoms with Crippen molar-refractivity contribution < 1.29 is 14.4 Å². The molecule has 1 saturated carbocycles. The summed E-state index contributed by atoms with van der Waals surface area (Å²) in [4.78, 5) is 10.1. The maximum atomic E-state index is 10.6. The van der Waals surface area contributed by atoms with Crippen LogP contribution in [0.5, 0.6) is 5.75 Å². The summed E-state index contributed by atoms with van der Waals surface area (Å²) in [6.07, 6.45) is 0.667. The van der Waals surface area contributed by atoms with E-state index in [0.29, 0.717) is 5.75 Å². The van der Waals surface area contributed by atoms with E-state index in [1.54, 1.807) is 7.11 Å². The molecule has 1 aliphatic rings. The first-order chi connectivity index (χ1) is 9.06. The average Bonchev–Trinajstić information content (AvgIpc) is 2.35. The molecule has 104 valence electrons. The van der Waals surface area contributed by atoms with E-state index >= 15 is 0 Å². The summed E-state index contributed by atoms with van der Waals surface area (Å²) in [6, 6.07) is 4.43. The van der Waals surface area contributed by atoms with Gasteiger partial charge in [-0.2, -0.15) is 0 Å². The third-order valence-electron chi connectivity index (χ3n) is 3.30. The van der Waals surface area contributed by atoms with Gasteiger partial charge in [0.25, 0.3) is 5.69 Å². The fourth-order valence-electron chi connectivity index (χ4n) is 2.16. The van der Waals surface area contributed by atoms with Gasteiger partial charge in [0.05, 0.1) is 9.95 Å². The Bertz CT molecular complexity index is 483. The summed E-state index contributed by atoms with van der Waals surface area (Å²) in [6.45, 7) is 0. The molecule has 0 radical (unpaired) electrons. The maximum absolute atomic E-state index is 10.6. The van der Waals surface area contributed by atoms with Gasteiger partial charge in [0.2, 0.25) is 0 Å². The summed E-state index contributed by atoms with van der Waals surface area (Å²) < 4.78 is 11.1. The molecule has 1 aliphatic carbocycles. The number of nitrogens with one attached hydrogen (secondary N) is 1. The first-order valence-corrected chi connectivity index (χ1v) is 6.25. The molecule has 1 aromatic carbocycles. The van der Waals surface area contributed by atoms with Crippen molar-refractivity contribution >= 4 is 17.3 Å². The molecule has 0 spiro atoms. The molecule has 1 N–H and O–H groups in total. The normalized spacial score (nSPS) is 25.7. The van der Waals surface area contributed by atoms with Gasteiger partial charge >= 0.3 is 0 Å². The summed E-state index contributed by atoms with van der Waals surface area (Å²) in [7, 11) is 3.49. The zero-order valence-electron chi connectivity index (χ0n) is 10.6. The molecule has 0 aliphatic heterocycles. The van der Waals surface area contributed by atoms with Crippen LogP contribution in [0.4, 0.5) is 5.69 Å². The summed E-state index contributed by atoms with van der Waals surface area (Å²) in [5.74, 6) is 0.439. The predicted octanol–water partition coefficient (Wildman–Crippen LogP) is 2.00. The molecule has 19 heavy (non-hydrogen) atoms. The first kappa shape index (κ1) is 14.0. The van der Waals surface area contributed by atoms with Crippen molar-refractivity contribution in [2.75, 3.05) is 14.2 Å². The molecule has 0 aromatic heterocycles. The Hall–Kier alpha value is -1.37. The van der Waals surface area contributed by atoms with Gasteiger partial charge in [0.1, 0.15) is 18.0 Å². The zero-order chi connectivity index (χ0) is 14.0. The van der Waals surface area contributed by atoms with Crippen LogP contribution < -0.4 is 10.1 Å². The van der Waals surface area contributed by atoms with Gasteiger partial charge in [0, 0.05) is 31.7 Å². The largest absolute Gasteiger partial charge is 0.486 e. The lowest BCUT2D eigenvalue weighted by atomic mass is 9.85. The minimum Gasteiger partial charge on any atom is -0.486 e. The zero-order valence-corrected chi connectivity index (χ0v) is 11.4. The van der Waals surface area contributed by atoms with Crippen LogP contribution in [0.15, 0.2) is 18.2 Å². The van der Waals surface area contributed by atoms with E-state index in [9.17, 15) is 10.1 Å². The van der Waals surface area contributed by atoms with Crippen LogP contribution in [-0.2, 0) is 4.74 Å². The second-order valence-corrected chi connectivity index (χ2v) is 4.77. The smallest absolute Gasteiger partial charge is 0.271 e. The summed E-state index contributed by atoms with van der Waals surface area (Å²) in [5.41, 5.74) is -0.0534. The highest BCUT2D eigenvalue weighted by Gasteiger charge is 2.42. The van der Waals surface area contributed by atoms with Crippen molar-refractivity contribution in [1.29, 1.82) is 0 Å². The Morgan fingerprint density at radius 3 is 2.79 bits per heavy atom. The van der Waals surface area contributed by atoms with Crippen molar-refractivity contribution in [1.82, 2.24) is 5.32 Å². The Balaban J connectivity index is 2.06. The number of rotatable bonds is 5. The maximum Gasteiger partial charge on any atom is 0.271 e. The number of halogens is 1. The number of hydrogen-bond donors (Lipinski definition) is 1. The third-order valence-corrected chi connectivity index (χ3v) is 3.59. The molecule has 3 unspecified atom stereocenters. The number of hydrogen-bond acceptors (Lipinski definition) is 5. The van der Waals surface area contributed by atoms with Gasteiger partial charge in [-0.15, -0.1) is 0 Å². The second kappa shape index (κ2) is 5.73. The van der Waals surface area contributed by atoms with Crippen LogP contribution in [0.25, 0.3) is 0 Å². The fraction of sp³-hybridized carbons (Fsp3) is 0.500. The van der Waals surface area contributed by atoms with Crippen molar-refractivity contribution in [2.45, 2.75) is 24.7 Å². The minimum absolute atomic E-state index is 0.0451. The quantitative estimate of drug-likeness (QED) is 0.662. The van der Waals surface area contributed by atoms with Crippen LogP contribution >= 0.6 is 11.6 Å². The highest BCUT2D eigenvalue weighted by atomic mass is 35.5. The molecule has 0 bridgehead atoms.